The Hall–Kier alpha value is 0.700. The maximum Gasteiger partial charge on any atom is 0.177 e. The van der Waals surface area contributed by atoms with Gasteiger partial charge in [-0.05, 0) is 12.8 Å². The molecule has 0 spiro atoms. The van der Waals surface area contributed by atoms with Crippen molar-refractivity contribution in [2.45, 2.75) is 12.8 Å². The molecular formula is C6H18I2N6S2. The minimum absolute atomic E-state index is 0. The number of rotatable bonds is 5. The van der Waals surface area contributed by atoms with Crippen LogP contribution in [0, 0.1) is 0 Å². The Morgan fingerprint density at radius 2 is 1.12 bits per heavy atom. The van der Waals surface area contributed by atoms with Crippen LogP contribution >= 0.6 is 71.5 Å². The molecule has 0 aliphatic heterocycles. The van der Waals surface area contributed by atoms with E-state index in [0.717, 1.165) is 24.3 Å². The van der Waals surface area contributed by atoms with Gasteiger partial charge in [-0.25, -0.2) is 0 Å². The van der Waals surface area contributed by atoms with Gasteiger partial charge in [0.2, 0.25) is 0 Å². The maximum atomic E-state index is 5.38. The van der Waals surface area contributed by atoms with Crippen LogP contribution in [-0.4, -0.2) is 21.8 Å². The van der Waals surface area contributed by atoms with Crippen LogP contribution in [0.25, 0.3) is 0 Å². The zero-order chi connectivity index (χ0) is 10.8. The Labute approximate surface area is 138 Å². The van der Waals surface area contributed by atoms with Gasteiger partial charge >= 0.3 is 0 Å². The maximum absolute atomic E-state index is 5.38. The number of hydrazone groups is 2. The van der Waals surface area contributed by atoms with Crippen molar-refractivity contribution in [3.63, 3.8) is 0 Å². The highest BCUT2D eigenvalue weighted by atomic mass is 127. The van der Waals surface area contributed by atoms with E-state index in [4.69, 9.17) is 23.2 Å². The fourth-order valence-corrected chi connectivity index (χ4v) is 1.90. The van der Waals surface area contributed by atoms with Gasteiger partial charge in [0, 0.05) is 11.5 Å². The quantitative estimate of drug-likeness (QED) is 0.113. The number of nitrogens with two attached hydrogens (primary N) is 4. The molecule has 0 aliphatic rings. The number of thioether (sulfide) groups is 2. The van der Waals surface area contributed by atoms with Crippen molar-refractivity contribution in [2.24, 2.45) is 33.4 Å². The molecule has 0 saturated carbocycles. The first-order valence-electron chi connectivity index (χ1n) is 4.03. The summed E-state index contributed by atoms with van der Waals surface area (Å²) in [5.41, 5.74) is 10.8. The Kier molecular flexibility index (Phi) is 21.5. The van der Waals surface area contributed by atoms with Gasteiger partial charge < -0.3 is 23.2 Å². The third-order valence-electron chi connectivity index (χ3n) is 1.29. The molecule has 10 heteroatoms. The molecule has 0 heterocycles. The van der Waals surface area contributed by atoms with Crippen LogP contribution in [0.5, 0.6) is 0 Å². The molecule has 0 bridgehead atoms. The summed E-state index contributed by atoms with van der Waals surface area (Å²) in [6.07, 6.45) is 2.07. The number of hydrogen-bond acceptors (Lipinski definition) is 6. The summed E-state index contributed by atoms with van der Waals surface area (Å²) in [6, 6.07) is 0. The molecule has 0 saturated heterocycles. The highest BCUT2D eigenvalue weighted by Crippen LogP contribution is 2.08. The number of amidine groups is 2. The molecule has 98 valence electrons. The van der Waals surface area contributed by atoms with Gasteiger partial charge in [0.1, 0.15) is 0 Å². The number of unbranched alkanes of at least 4 members (excludes halogenated alkanes) is 1. The molecule has 0 aliphatic carbocycles. The molecule has 0 amide bonds. The van der Waals surface area contributed by atoms with Gasteiger partial charge in [-0.1, -0.05) is 23.5 Å². The summed E-state index contributed by atoms with van der Waals surface area (Å²) in [5, 5.41) is 7.52. The minimum atomic E-state index is 0. The van der Waals surface area contributed by atoms with E-state index in [1.165, 1.54) is 23.5 Å². The van der Waals surface area contributed by atoms with Gasteiger partial charge in [0.25, 0.3) is 0 Å². The van der Waals surface area contributed by atoms with E-state index in [-0.39, 0.29) is 48.0 Å². The molecule has 6 nitrogen and oxygen atoms in total. The van der Waals surface area contributed by atoms with Gasteiger partial charge in [-0.15, -0.1) is 48.0 Å². The normalized spacial score (nSPS) is 11.5. The van der Waals surface area contributed by atoms with Crippen LogP contribution < -0.4 is 23.2 Å². The lowest BCUT2D eigenvalue weighted by Crippen LogP contribution is -2.10. The third-order valence-corrected chi connectivity index (χ3v) is 3.08. The average molecular weight is 492 g/mol. The number of hydrogen-bond donors (Lipinski definition) is 4. The van der Waals surface area contributed by atoms with Gasteiger partial charge in [-0.2, -0.15) is 10.2 Å². The van der Waals surface area contributed by atoms with Crippen molar-refractivity contribution in [2.75, 3.05) is 11.5 Å². The van der Waals surface area contributed by atoms with Crippen molar-refractivity contribution < 1.29 is 0 Å². The molecular weight excluding hydrogens is 474 g/mol. The van der Waals surface area contributed by atoms with E-state index in [2.05, 4.69) is 10.2 Å². The lowest BCUT2D eigenvalue weighted by molar-refractivity contribution is 0.910. The highest BCUT2D eigenvalue weighted by Gasteiger charge is 1.95. The molecule has 0 radical (unpaired) electrons. The van der Waals surface area contributed by atoms with Gasteiger partial charge in [0.15, 0.2) is 10.3 Å². The predicted molar refractivity (Wildman–Crippen MR) is 96.6 cm³/mol. The van der Waals surface area contributed by atoms with Crippen molar-refractivity contribution in [1.82, 2.24) is 0 Å². The SMILES string of the molecule is I.I.N/N=C(\N)SCCCCS/C(N)=N/N. The lowest BCUT2D eigenvalue weighted by atomic mass is 10.4. The van der Waals surface area contributed by atoms with E-state index in [1.807, 2.05) is 0 Å². The van der Waals surface area contributed by atoms with Crippen molar-refractivity contribution >= 4 is 81.8 Å². The smallest absolute Gasteiger partial charge is 0.177 e. The summed E-state index contributed by atoms with van der Waals surface area (Å²) in [6.45, 7) is 0. The molecule has 0 unspecified atom stereocenters. The molecule has 0 aromatic rings. The standard InChI is InChI=1S/C6H16N6S2.2HI/c7-5(11-9)13-3-1-2-4-14-6(8)12-10;;/h1-4,9-10H2,(H2,7,11)(H2,8,12);2*1H. The van der Waals surface area contributed by atoms with Crippen LogP contribution in [0.15, 0.2) is 10.2 Å². The molecule has 16 heavy (non-hydrogen) atoms. The van der Waals surface area contributed by atoms with Crippen LogP contribution in [0.2, 0.25) is 0 Å². The van der Waals surface area contributed by atoms with Crippen LogP contribution in [-0.2, 0) is 0 Å². The van der Waals surface area contributed by atoms with E-state index in [1.54, 1.807) is 0 Å². The summed E-state index contributed by atoms with van der Waals surface area (Å²) in [7, 11) is 0. The van der Waals surface area contributed by atoms with Gasteiger partial charge in [0.05, 0.1) is 0 Å². The second kappa shape index (κ2) is 15.7. The second-order valence-electron chi connectivity index (χ2n) is 2.34. The molecule has 0 aromatic carbocycles. The Morgan fingerprint density at radius 3 is 1.38 bits per heavy atom. The minimum Gasteiger partial charge on any atom is -0.377 e. The van der Waals surface area contributed by atoms with Crippen molar-refractivity contribution in [3.8, 4) is 0 Å². The zero-order valence-electron chi connectivity index (χ0n) is 8.67. The van der Waals surface area contributed by atoms with Crippen molar-refractivity contribution in [3.05, 3.63) is 0 Å². The average Bonchev–Trinajstić information content (AvgIpc) is 2.22. The third kappa shape index (κ3) is 14.7. The largest absolute Gasteiger partial charge is 0.377 e. The Bertz CT molecular complexity index is 191. The Balaban J connectivity index is -0.000000845. The van der Waals surface area contributed by atoms with Crippen LogP contribution in [0.3, 0.4) is 0 Å². The van der Waals surface area contributed by atoms with E-state index in [9.17, 15) is 0 Å². The molecule has 0 rings (SSSR count). The molecule has 8 N–H and O–H groups in total. The zero-order valence-corrected chi connectivity index (χ0v) is 15.0. The topological polar surface area (TPSA) is 129 Å². The van der Waals surface area contributed by atoms with Crippen molar-refractivity contribution in [1.29, 1.82) is 0 Å². The van der Waals surface area contributed by atoms with Crippen LogP contribution in [0.1, 0.15) is 12.8 Å². The first-order valence-corrected chi connectivity index (χ1v) is 6.00. The summed E-state index contributed by atoms with van der Waals surface area (Å²) in [5.74, 6) is 11.7. The predicted octanol–water partition coefficient (Wildman–Crippen LogP) is 0.846. The number of nitrogens with zero attached hydrogens (tertiary/aromatic N) is 2. The summed E-state index contributed by atoms with van der Waals surface area (Å²) >= 11 is 2.90. The van der Waals surface area contributed by atoms with E-state index in [0.29, 0.717) is 10.3 Å². The fourth-order valence-electron chi connectivity index (χ4n) is 0.632. The highest BCUT2D eigenvalue weighted by molar-refractivity contribution is 14.0. The number of halogens is 2. The van der Waals surface area contributed by atoms with Gasteiger partial charge in [-0.3, -0.25) is 0 Å². The lowest BCUT2D eigenvalue weighted by Gasteiger charge is -2.00. The molecule has 0 fully saturated rings. The first-order chi connectivity index (χ1) is 6.70. The van der Waals surface area contributed by atoms with E-state index < -0.39 is 0 Å². The van der Waals surface area contributed by atoms with Crippen LogP contribution in [0.4, 0.5) is 0 Å². The summed E-state index contributed by atoms with van der Waals surface area (Å²) < 4.78 is 0. The molecule has 0 atom stereocenters. The first kappa shape index (κ1) is 21.9. The Morgan fingerprint density at radius 1 is 0.812 bits per heavy atom. The summed E-state index contributed by atoms with van der Waals surface area (Å²) in [4.78, 5) is 0. The fraction of sp³-hybridized carbons (Fsp3) is 0.667. The monoisotopic (exact) mass is 492 g/mol. The van der Waals surface area contributed by atoms with E-state index >= 15 is 0 Å². The second-order valence-corrected chi connectivity index (χ2v) is 4.57. The molecule has 0 aromatic heterocycles.